The number of nitrogens with zero attached hydrogens (tertiary/aromatic N) is 2. The maximum Gasteiger partial charge on any atom is 0.338 e. The van der Waals surface area contributed by atoms with Gasteiger partial charge in [0.2, 0.25) is 0 Å². The average Bonchev–Trinajstić information content (AvgIpc) is 3.23. The molecular formula is C22H22N2O6. The van der Waals surface area contributed by atoms with Crippen molar-refractivity contribution < 1.29 is 28.3 Å². The number of carbonyl (C=O) groups excluding carboxylic acids is 4. The molecule has 156 valence electrons. The quantitative estimate of drug-likeness (QED) is 0.555. The van der Waals surface area contributed by atoms with E-state index in [4.69, 9.17) is 9.15 Å². The van der Waals surface area contributed by atoms with Crippen LogP contribution in [0.4, 0.5) is 0 Å². The van der Waals surface area contributed by atoms with Crippen molar-refractivity contribution in [3.8, 4) is 0 Å². The molecule has 0 radical (unpaired) electrons. The molecule has 0 N–H and O–H groups in total. The van der Waals surface area contributed by atoms with Crippen molar-refractivity contribution in [3.05, 3.63) is 59.0 Å². The van der Waals surface area contributed by atoms with Gasteiger partial charge < -0.3 is 14.1 Å². The van der Waals surface area contributed by atoms with E-state index in [1.165, 1.54) is 24.5 Å². The number of hydrogen-bond donors (Lipinski definition) is 0. The van der Waals surface area contributed by atoms with Gasteiger partial charge in [0.1, 0.15) is 5.76 Å². The van der Waals surface area contributed by atoms with Crippen molar-refractivity contribution in [1.82, 2.24) is 9.80 Å². The Morgan fingerprint density at radius 1 is 0.967 bits per heavy atom. The van der Waals surface area contributed by atoms with Gasteiger partial charge in [-0.1, -0.05) is 12.8 Å². The number of carbonyl (C=O) groups is 4. The molecule has 2 aromatic rings. The smallest absolute Gasteiger partial charge is 0.338 e. The fourth-order valence-electron chi connectivity index (χ4n) is 3.74. The maximum atomic E-state index is 12.7. The van der Waals surface area contributed by atoms with Crippen molar-refractivity contribution in [2.75, 3.05) is 19.7 Å². The minimum absolute atomic E-state index is 0.0173. The third kappa shape index (κ3) is 3.98. The van der Waals surface area contributed by atoms with E-state index in [-0.39, 0.29) is 35.7 Å². The van der Waals surface area contributed by atoms with E-state index in [1.807, 2.05) is 0 Å². The summed E-state index contributed by atoms with van der Waals surface area (Å²) in [7, 11) is 0. The third-order valence-electron chi connectivity index (χ3n) is 5.39. The fraction of sp³-hybridized carbons (Fsp3) is 0.364. The highest BCUT2D eigenvalue weighted by molar-refractivity contribution is 6.21. The Kier molecular flexibility index (Phi) is 5.65. The first-order valence-electron chi connectivity index (χ1n) is 10.0. The van der Waals surface area contributed by atoms with Crippen molar-refractivity contribution in [1.29, 1.82) is 0 Å². The standard InChI is InChI=1S/C22H22N2O6/c25-19(23-9-3-1-2-4-10-23)14-30-22(28)15-7-8-17-18(12-15)21(27)24(20(17)26)13-16-6-5-11-29-16/h5-8,11-12H,1-4,9-10,13-14H2. The monoisotopic (exact) mass is 410 g/mol. The normalized spacial score (nSPS) is 16.4. The van der Waals surface area contributed by atoms with Gasteiger partial charge in [0.05, 0.1) is 29.5 Å². The van der Waals surface area contributed by atoms with Gasteiger partial charge in [0.15, 0.2) is 6.61 Å². The number of imide groups is 1. The van der Waals surface area contributed by atoms with E-state index in [2.05, 4.69) is 0 Å². The van der Waals surface area contributed by atoms with Crippen LogP contribution in [0.15, 0.2) is 41.0 Å². The highest BCUT2D eigenvalue weighted by atomic mass is 16.5. The molecule has 0 unspecified atom stereocenters. The number of furan rings is 1. The number of hydrogen-bond acceptors (Lipinski definition) is 6. The Bertz CT molecular complexity index is 974. The summed E-state index contributed by atoms with van der Waals surface area (Å²) >= 11 is 0. The topological polar surface area (TPSA) is 97.1 Å². The molecule has 0 saturated carbocycles. The van der Waals surface area contributed by atoms with Gasteiger partial charge in [0, 0.05) is 13.1 Å². The van der Waals surface area contributed by atoms with Crippen LogP contribution in [-0.4, -0.2) is 53.2 Å². The average molecular weight is 410 g/mol. The van der Waals surface area contributed by atoms with Crippen LogP contribution < -0.4 is 0 Å². The van der Waals surface area contributed by atoms with E-state index in [0.29, 0.717) is 18.8 Å². The highest BCUT2D eigenvalue weighted by Gasteiger charge is 2.36. The number of benzene rings is 1. The SMILES string of the molecule is O=C(OCC(=O)N1CCCCCC1)c1ccc2c(c1)C(=O)N(Cc1ccco1)C2=O. The molecule has 0 aliphatic carbocycles. The largest absolute Gasteiger partial charge is 0.467 e. The molecular weight excluding hydrogens is 388 g/mol. The second-order valence-corrected chi connectivity index (χ2v) is 7.41. The van der Waals surface area contributed by atoms with Crippen LogP contribution in [0.25, 0.3) is 0 Å². The fourth-order valence-corrected chi connectivity index (χ4v) is 3.74. The Hall–Kier alpha value is -3.42. The molecule has 4 rings (SSSR count). The van der Waals surface area contributed by atoms with E-state index in [9.17, 15) is 19.2 Å². The first-order valence-corrected chi connectivity index (χ1v) is 10.0. The predicted molar refractivity (Wildman–Crippen MR) is 105 cm³/mol. The molecule has 2 aliphatic heterocycles. The Morgan fingerprint density at radius 2 is 1.70 bits per heavy atom. The molecule has 2 aliphatic rings. The van der Waals surface area contributed by atoms with Gasteiger partial charge in [0.25, 0.3) is 17.7 Å². The molecule has 1 fully saturated rings. The van der Waals surface area contributed by atoms with Crippen LogP contribution in [0, 0.1) is 0 Å². The lowest BCUT2D eigenvalue weighted by Crippen LogP contribution is -2.35. The number of fused-ring (bicyclic) bond motifs is 1. The van der Waals surface area contributed by atoms with Crippen LogP contribution in [0.5, 0.6) is 0 Å². The molecule has 8 nitrogen and oxygen atoms in total. The van der Waals surface area contributed by atoms with Crippen LogP contribution in [0.2, 0.25) is 0 Å². The summed E-state index contributed by atoms with van der Waals surface area (Å²) in [6.45, 7) is 1.03. The lowest BCUT2D eigenvalue weighted by molar-refractivity contribution is -0.134. The molecule has 0 bridgehead atoms. The van der Waals surface area contributed by atoms with E-state index in [1.54, 1.807) is 17.0 Å². The van der Waals surface area contributed by atoms with Crippen LogP contribution in [-0.2, 0) is 16.1 Å². The minimum atomic E-state index is -0.703. The van der Waals surface area contributed by atoms with Gasteiger partial charge in [-0.05, 0) is 43.2 Å². The van der Waals surface area contributed by atoms with Gasteiger partial charge >= 0.3 is 5.97 Å². The molecule has 30 heavy (non-hydrogen) atoms. The van der Waals surface area contributed by atoms with Gasteiger partial charge in [-0.15, -0.1) is 0 Å². The Labute approximate surface area is 173 Å². The summed E-state index contributed by atoms with van der Waals surface area (Å²) < 4.78 is 10.4. The van der Waals surface area contributed by atoms with E-state index >= 15 is 0 Å². The number of esters is 1. The minimum Gasteiger partial charge on any atom is -0.467 e. The van der Waals surface area contributed by atoms with Crippen LogP contribution in [0.1, 0.15) is 62.5 Å². The molecule has 8 heteroatoms. The van der Waals surface area contributed by atoms with Crippen molar-refractivity contribution in [2.24, 2.45) is 0 Å². The Balaban J connectivity index is 1.41. The summed E-state index contributed by atoms with van der Waals surface area (Å²) in [6.07, 6.45) is 5.57. The van der Waals surface area contributed by atoms with E-state index < -0.39 is 17.8 Å². The first kappa shape index (κ1) is 19.9. The molecule has 1 saturated heterocycles. The zero-order chi connectivity index (χ0) is 21.1. The zero-order valence-electron chi connectivity index (χ0n) is 16.5. The second kappa shape index (κ2) is 8.52. The van der Waals surface area contributed by atoms with Gasteiger partial charge in [-0.3, -0.25) is 19.3 Å². The molecule has 1 aromatic heterocycles. The summed E-state index contributed by atoms with van der Waals surface area (Å²) in [5.41, 5.74) is 0.488. The number of likely N-dealkylation sites (tertiary alicyclic amines) is 1. The number of ether oxygens (including phenoxy) is 1. The molecule has 0 atom stereocenters. The first-order chi connectivity index (χ1) is 14.5. The summed E-state index contributed by atoms with van der Waals surface area (Å²) in [5.74, 6) is -1.38. The molecule has 3 heterocycles. The third-order valence-corrected chi connectivity index (χ3v) is 5.39. The van der Waals surface area contributed by atoms with Crippen molar-refractivity contribution in [3.63, 3.8) is 0 Å². The van der Waals surface area contributed by atoms with Crippen molar-refractivity contribution in [2.45, 2.75) is 32.2 Å². The summed E-state index contributed by atoms with van der Waals surface area (Å²) in [6, 6.07) is 7.56. The second-order valence-electron chi connectivity index (χ2n) is 7.41. The lowest BCUT2D eigenvalue weighted by Gasteiger charge is -2.19. The lowest BCUT2D eigenvalue weighted by atomic mass is 10.1. The number of amides is 3. The van der Waals surface area contributed by atoms with Crippen LogP contribution >= 0.6 is 0 Å². The van der Waals surface area contributed by atoms with Gasteiger partial charge in [-0.25, -0.2) is 4.79 Å². The molecule has 1 aromatic carbocycles. The number of rotatable bonds is 5. The Morgan fingerprint density at radius 3 is 2.40 bits per heavy atom. The van der Waals surface area contributed by atoms with E-state index in [0.717, 1.165) is 30.6 Å². The molecule has 3 amide bonds. The summed E-state index contributed by atoms with van der Waals surface area (Å²) in [5, 5.41) is 0. The zero-order valence-corrected chi connectivity index (χ0v) is 16.5. The van der Waals surface area contributed by atoms with Crippen molar-refractivity contribution >= 4 is 23.7 Å². The maximum absolute atomic E-state index is 12.7. The highest BCUT2D eigenvalue weighted by Crippen LogP contribution is 2.26. The summed E-state index contributed by atoms with van der Waals surface area (Å²) in [4.78, 5) is 52.7. The van der Waals surface area contributed by atoms with Crippen LogP contribution in [0.3, 0.4) is 0 Å². The van der Waals surface area contributed by atoms with Gasteiger partial charge in [-0.2, -0.15) is 0 Å². The predicted octanol–water partition coefficient (Wildman–Crippen LogP) is 2.64. The molecule has 0 spiro atoms.